The smallest absolute Gasteiger partial charge is 0.326 e. The Morgan fingerprint density at radius 3 is 1.55 bits per heavy atom. The van der Waals surface area contributed by atoms with Crippen LogP contribution in [0.5, 0.6) is 0 Å². The number of nitrogens with two attached hydrogens (primary N) is 1. The lowest BCUT2D eigenvalue weighted by Crippen LogP contribution is -2.40. The zero-order valence-electron chi connectivity index (χ0n) is 35.2. The van der Waals surface area contributed by atoms with Crippen LogP contribution in [0.4, 0.5) is 0 Å². The van der Waals surface area contributed by atoms with Crippen molar-refractivity contribution in [1.29, 1.82) is 0 Å². The number of nitrogens with one attached hydrogen (secondary N) is 1. The molecule has 55 heavy (non-hydrogen) atoms. The largest absolute Gasteiger partial charge is 0.480 e. The number of allylic oxidation sites excluding steroid dienone is 12. The number of carbonyl (C=O) groups excluding carboxylic acids is 2. The molecular weight excluding hydrogens is 685 g/mol. The highest BCUT2D eigenvalue weighted by Gasteiger charge is 2.19. The summed E-state index contributed by atoms with van der Waals surface area (Å²) in [5, 5.41) is 11.9. The summed E-state index contributed by atoms with van der Waals surface area (Å²) in [4.78, 5) is 36.4. The van der Waals surface area contributed by atoms with Gasteiger partial charge in [-0.3, -0.25) is 9.59 Å². The van der Waals surface area contributed by atoms with Crippen LogP contribution in [-0.2, 0) is 19.1 Å². The third-order valence-corrected chi connectivity index (χ3v) is 9.51. The van der Waals surface area contributed by atoms with Gasteiger partial charge in [0.1, 0.15) is 12.1 Å². The molecule has 0 spiro atoms. The molecule has 0 saturated heterocycles. The molecule has 4 N–H and O–H groups in total. The number of carboxylic acid groups (broad SMARTS) is 1. The van der Waals surface area contributed by atoms with E-state index in [1.54, 1.807) is 0 Å². The van der Waals surface area contributed by atoms with Gasteiger partial charge in [0.25, 0.3) is 0 Å². The minimum absolute atomic E-state index is 0.0366. The van der Waals surface area contributed by atoms with Gasteiger partial charge in [0, 0.05) is 12.8 Å². The van der Waals surface area contributed by atoms with E-state index in [0.717, 1.165) is 122 Å². The van der Waals surface area contributed by atoms with E-state index in [1.165, 1.54) is 32.1 Å². The molecule has 1 amide bonds. The first kappa shape index (κ1) is 51.8. The first-order chi connectivity index (χ1) is 26.9. The molecule has 0 aliphatic carbocycles. The topological polar surface area (TPSA) is 119 Å². The molecule has 2 unspecified atom stereocenters. The fourth-order valence-electron chi connectivity index (χ4n) is 6.16. The summed E-state index contributed by atoms with van der Waals surface area (Å²) in [7, 11) is 0. The first-order valence-electron chi connectivity index (χ1n) is 22.3. The summed E-state index contributed by atoms with van der Waals surface area (Å²) in [6.07, 6.45) is 53.7. The zero-order chi connectivity index (χ0) is 40.3. The van der Waals surface area contributed by atoms with Gasteiger partial charge >= 0.3 is 11.9 Å². The van der Waals surface area contributed by atoms with Crippen molar-refractivity contribution in [2.75, 3.05) is 6.54 Å². The van der Waals surface area contributed by atoms with E-state index in [0.29, 0.717) is 32.2 Å². The molecular formula is C48H82N2O5. The van der Waals surface area contributed by atoms with Gasteiger partial charge in [-0.1, -0.05) is 138 Å². The maximum atomic E-state index is 12.8. The molecule has 0 aromatic carbocycles. The molecule has 0 bridgehead atoms. The van der Waals surface area contributed by atoms with Gasteiger partial charge < -0.3 is 20.9 Å². The Hall–Kier alpha value is -3.19. The second kappa shape index (κ2) is 42.0. The third-order valence-electron chi connectivity index (χ3n) is 9.51. The number of hydrogen-bond acceptors (Lipinski definition) is 5. The van der Waals surface area contributed by atoms with Crippen LogP contribution in [0, 0.1) is 0 Å². The van der Waals surface area contributed by atoms with Crippen LogP contribution >= 0.6 is 0 Å². The Bertz CT molecular complexity index is 1090. The number of carbonyl (C=O) groups is 3. The van der Waals surface area contributed by atoms with Crippen LogP contribution in [0.1, 0.15) is 194 Å². The Kier molecular flexibility index (Phi) is 39.5. The highest BCUT2D eigenvalue weighted by atomic mass is 16.5. The van der Waals surface area contributed by atoms with Crippen molar-refractivity contribution in [3.63, 3.8) is 0 Å². The van der Waals surface area contributed by atoms with Gasteiger partial charge in [-0.15, -0.1) is 0 Å². The van der Waals surface area contributed by atoms with Gasteiger partial charge in [-0.2, -0.15) is 0 Å². The quantitative estimate of drug-likeness (QED) is 0.0326. The van der Waals surface area contributed by atoms with E-state index in [4.69, 9.17) is 10.5 Å². The molecule has 0 aromatic heterocycles. The summed E-state index contributed by atoms with van der Waals surface area (Å²) >= 11 is 0. The van der Waals surface area contributed by atoms with Crippen LogP contribution in [0.3, 0.4) is 0 Å². The highest BCUT2D eigenvalue weighted by molar-refractivity contribution is 5.83. The number of esters is 1. The molecule has 0 rings (SSSR count). The predicted molar refractivity (Wildman–Crippen MR) is 234 cm³/mol. The zero-order valence-corrected chi connectivity index (χ0v) is 35.2. The molecule has 0 radical (unpaired) electrons. The minimum Gasteiger partial charge on any atom is -0.480 e. The molecule has 314 valence electrons. The number of unbranched alkanes of at least 4 members (excludes halogenated alkanes) is 13. The van der Waals surface area contributed by atoms with Crippen molar-refractivity contribution < 1.29 is 24.2 Å². The number of carboxylic acids is 1. The minimum atomic E-state index is -1.01. The summed E-state index contributed by atoms with van der Waals surface area (Å²) in [5.74, 6) is -1.28. The van der Waals surface area contributed by atoms with Gasteiger partial charge in [0.2, 0.25) is 5.91 Å². The fourth-order valence-corrected chi connectivity index (χ4v) is 6.16. The Morgan fingerprint density at radius 2 is 1.00 bits per heavy atom. The normalized spacial score (nSPS) is 13.4. The summed E-state index contributed by atoms with van der Waals surface area (Å²) in [5.41, 5.74) is 5.49. The molecule has 0 heterocycles. The van der Waals surface area contributed by atoms with Crippen molar-refractivity contribution >= 4 is 17.8 Å². The standard InChI is InChI=1S/C48H82N2O5/c1-3-5-7-9-11-13-15-17-19-20-22-24-26-29-33-38-44(39-34-30-28-31-35-41-46(51)50-45(48(53)54)40-37-43-49)55-47(52)42-36-32-27-25-23-21-18-16-14-12-10-8-6-4-2/h5,7,10-13,16-19,22,24,44-45H,3-4,6,8-9,14-15,20-21,23,25-43,49H2,1-2H3,(H,50,51)(H,53,54)/b7-5-,12-10-,13-11-,18-16-,19-17-,24-22-. The lowest BCUT2D eigenvalue weighted by Gasteiger charge is -2.18. The van der Waals surface area contributed by atoms with Crippen molar-refractivity contribution in [2.24, 2.45) is 5.73 Å². The molecule has 0 aliphatic heterocycles. The average molecular weight is 767 g/mol. The van der Waals surface area contributed by atoms with Crippen LogP contribution < -0.4 is 11.1 Å². The molecule has 7 nitrogen and oxygen atoms in total. The van der Waals surface area contributed by atoms with Gasteiger partial charge in [0.15, 0.2) is 0 Å². The van der Waals surface area contributed by atoms with Crippen molar-refractivity contribution in [3.8, 4) is 0 Å². The maximum absolute atomic E-state index is 12.8. The van der Waals surface area contributed by atoms with Gasteiger partial charge in [-0.05, 0) is 122 Å². The van der Waals surface area contributed by atoms with E-state index in [-0.39, 0.29) is 18.0 Å². The Balaban J connectivity index is 4.47. The number of rotatable bonds is 39. The molecule has 0 saturated carbocycles. The predicted octanol–water partition coefficient (Wildman–Crippen LogP) is 12.7. The molecule has 0 aliphatic rings. The number of aliphatic carboxylic acids is 1. The monoisotopic (exact) mass is 767 g/mol. The van der Waals surface area contributed by atoms with Crippen LogP contribution in [0.15, 0.2) is 72.9 Å². The highest BCUT2D eigenvalue weighted by Crippen LogP contribution is 2.18. The lowest BCUT2D eigenvalue weighted by atomic mass is 10.0. The van der Waals surface area contributed by atoms with E-state index in [9.17, 15) is 19.5 Å². The van der Waals surface area contributed by atoms with Crippen molar-refractivity contribution in [2.45, 2.75) is 206 Å². The molecule has 0 aromatic rings. The molecule has 7 heteroatoms. The molecule has 0 fully saturated rings. The average Bonchev–Trinajstić information content (AvgIpc) is 3.17. The maximum Gasteiger partial charge on any atom is 0.326 e. The second-order valence-corrected chi connectivity index (χ2v) is 14.7. The van der Waals surface area contributed by atoms with Crippen molar-refractivity contribution in [3.05, 3.63) is 72.9 Å². The lowest BCUT2D eigenvalue weighted by molar-refractivity contribution is -0.150. The van der Waals surface area contributed by atoms with Crippen LogP contribution in [-0.4, -0.2) is 41.6 Å². The molecule has 2 atom stereocenters. The van der Waals surface area contributed by atoms with E-state index in [1.807, 2.05) is 0 Å². The Morgan fingerprint density at radius 1 is 0.545 bits per heavy atom. The summed E-state index contributed by atoms with van der Waals surface area (Å²) in [6, 6.07) is -0.866. The van der Waals surface area contributed by atoms with E-state index in [2.05, 4.69) is 92.1 Å². The first-order valence-corrected chi connectivity index (χ1v) is 22.3. The third kappa shape index (κ3) is 38.9. The van der Waals surface area contributed by atoms with Crippen LogP contribution in [0.25, 0.3) is 0 Å². The SMILES string of the molecule is CC/C=C\C/C=C\C/C=C\C/C=C\CCCCC(CCCCCCCC(=O)NC(CCCN)C(=O)O)OC(=O)CCCCCCC/C=C\C/C=C\CCCC. The fraction of sp³-hybridized carbons (Fsp3) is 0.688. The number of hydrogen-bond donors (Lipinski definition) is 3. The van der Waals surface area contributed by atoms with Gasteiger partial charge in [0.05, 0.1) is 0 Å². The van der Waals surface area contributed by atoms with Crippen molar-refractivity contribution in [1.82, 2.24) is 5.32 Å². The number of ether oxygens (including phenoxy) is 1. The summed E-state index contributed by atoms with van der Waals surface area (Å²) < 4.78 is 6.03. The van der Waals surface area contributed by atoms with E-state index >= 15 is 0 Å². The summed E-state index contributed by atoms with van der Waals surface area (Å²) in [6.45, 7) is 4.78. The van der Waals surface area contributed by atoms with Gasteiger partial charge in [-0.25, -0.2) is 4.79 Å². The van der Waals surface area contributed by atoms with Crippen LogP contribution in [0.2, 0.25) is 0 Å². The Labute approximate surface area is 337 Å². The van der Waals surface area contributed by atoms with E-state index < -0.39 is 12.0 Å². The number of amides is 1. The second-order valence-electron chi connectivity index (χ2n) is 14.7.